The highest BCUT2D eigenvalue weighted by Crippen LogP contribution is 2.21. The number of amides is 2. The molecule has 2 aromatic carbocycles. The molecule has 200 valence electrons. The fourth-order valence-corrected chi connectivity index (χ4v) is 3.93. The predicted molar refractivity (Wildman–Crippen MR) is 150 cm³/mol. The Labute approximate surface area is 224 Å². The molecular weight excluding hydrogens is 478 g/mol. The quantitative estimate of drug-likeness (QED) is 0.199. The highest BCUT2D eigenvalue weighted by atomic mass is 16.4. The first-order valence-electron chi connectivity index (χ1n) is 12.9. The van der Waals surface area contributed by atoms with Gasteiger partial charge in [-0.05, 0) is 63.3 Å². The minimum Gasteiger partial charge on any atom is -0.431 e. The van der Waals surface area contributed by atoms with Crippen LogP contribution in [0.3, 0.4) is 0 Å². The first-order valence-corrected chi connectivity index (χ1v) is 12.9. The number of oxazole rings is 1. The van der Waals surface area contributed by atoms with Crippen molar-refractivity contribution in [3.8, 4) is 11.5 Å². The fraction of sp³-hybridized carbons (Fsp3) is 0.333. The second-order valence-electron chi connectivity index (χ2n) is 9.93. The summed E-state index contributed by atoms with van der Waals surface area (Å²) in [4.78, 5) is 29.4. The maximum atomic E-state index is 12.7. The van der Waals surface area contributed by atoms with E-state index in [0.717, 1.165) is 25.7 Å². The van der Waals surface area contributed by atoms with Crippen LogP contribution in [0.1, 0.15) is 68.6 Å². The number of nitrogens with zero attached hydrogens (tertiary/aromatic N) is 1. The zero-order valence-electron chi connectivity index (χ0n) is 22.5. The van der Waals surface area contributed by atoms with Gasteiger partial charge in [-0.25, -0.2) is 4.98 Å². The molecule has 3 rings (SSSR count). The molecule has 8 nitrogen and oxygen atoms in total. The lowest BCUT2D eigenvalue weighted by Crippen LogP contribution is -2.45. The first kappa shape index (κ1) is 28.4. The van der Waals surface area contributed by atoms with Gasteiger partial charge in [-0.3, -0.25) is 9.59 Å². The number of carbonyl (C=O) groups excluding carboxylic acids is 2. The molecule has 0 fully saturated rings. The van der Waals surface area contributed by atoms with Crippen molar-refractivity contribution in [3.63, 3.8) is 0 Å². The zero-order valence-corrected chi connectivity index (χ0v) is 22.5. The lowest BCUT2D eigenvalue weighted by molar-refractivity contribution is -0.119. The molecule has 0 saturated heterocycles. The van der Waals surface area contributed by atoms with Gasteiger partial charge in [0.15, 0.2) is 0 Å². The number of nitrogens with two attached hydrogens (primary N) is 1. The van der Waals surface area contributed by atoms with Crippen molar-refractivity contribution in [3.05, 3.63) is 89.5 Å². The van der Waals surface area contributed by atoms with E-state index >= 15 is 0 Å². The number of hydrogen-bond acceptors (Lipinski definition) is 6. The van der Waals surface area contributed by atoms with Crippen molar-refractivity contribution in [2.45, 2.75) is 65.0 Å². The summed E-state index contributed by atoms with van der Waals surface area (Å²) in [7, 11) is 0. The number of aromatic nitrogens is 1. The van der Waals surface area contributed by atoms with Crippen LogP contribution in [0, 0.1) is 5.41 Å². The van der Waals surface area contributed by atoms with Crippen LogP contribution < -0.4 is 16.4 Å². The van der Waals surface area contributed by atoms with Crippen LogP contribution in [-0.4, -0.2) is 34.1 Å². The van der Waals surface area contributed by atoms with E-state index in [2.05, 4.69) is 27.8 Å². The van der Waals surface area contributed by atoms with E-state index in [-0.39, 0.29) is 35.0 Å². The molecule has 0 atom stereocenters. The van der Waals surface area contributed by atoms with Gasteiger partial charge >= 0.3 is 0 Å². The Morgan fingerprint density at radius 3 is 2.50 bits per heavy atom. The summed E-state index contributed by atoms with van der Waals surface area (Å²) >= 11 is 0. The second-order valence-corrected chi connectivity index (χ2v) is 9.93. The van der Waals surface area contributed by atoms with Crippen LogP contribution in [0.2, 0.25) is 0 Å². The monoisotopic (exact) mass is 515 g/mol. The zero-order chi connectivity index (χ0) is 27.7. The maximum Gasteiger partial charge on any atom is 0.288 e. The molecule has 2 amide bonds. The molecule has 0 aliphatic carbocycles. The largest absolute Gasteiger partial charge is 0.431 e. The number of hydrogen-bond donors (Lipinski definition) is 4. The van der Waals surface area contributed by atoms with E-state index in [1.165, 1.54) is 17.8 Å². The van der Waals surface area contributed by atoms with E-state index in [1.54, 1.807) is 24.3 Å². The average molecular weight is 516 g/mol. The predicted octanol–water partition coefficient (Wildman–Crippen LogP) is 5.00. The Bertz CT molecular complexity index is 1290. The lowest BCUT2D eigenvalue weighted by Gasteiger charge is -2.26. The van der Waals surface area contributed by atoms with Crippen LogP contribution in [0.5, 0.6) is 0 Å². The van der Waals surface area contributed by atoms with Gasteiger partial charge in [0, 0.05) is 22.7 Å². The molecule has 8 heteroatoms. The normalized spacial score (nSPS) is 11.9. The number of allylic oxidation sites excluding steroid dienone is 1. The molecule has 0 spiro atoms. The molecule has 0 saturated carbocycles. The van der Waals surface area contributed by atoms with Gasteiger partial charge in [-0.15, -0.1) is 0 Å². The maximum absolute atomic E-state index is 12.7. The van der Waals surface area contributed by atoms with Crippen molar-refractivity contribution in [2.24, 2.45) is 5.73 Å². The van der Waals surface area contributed by atoms with Crippen LogP contribution in [0.15, 0.2) is 77.0 Å². The number of carbonyl (C=O) groups is 2. The Kier molecular flexibility index (Phi) is 9.60. The van der Waals surface area contributed by atoms with Crippen LogP contribution in [0.25, 0.3) is 11.5 Å². The van der Waals surface area contributed by atoms with Gasteiger partial charge in [0.05, 0.1) is 17.6 Å². The highest BCUT2D eigenvalue weighted by Gasteiger charge is 2.22. The first-order chi connectivity index (χ1) is 18.1. The highest BCUT2D eigenvalue weighted by molar-refractivity contribution is 6.11. The van der Waals surface area contributed by atoms with Crippen LogP contribution >= 0.6 is 0 Å². The molecule has 0 unspecified atom stereocenters. The molecule has 1 aromatic heterocycles. The number of aryl methyl sites for hydroxylation is 1. The van der Waals surface area contributed by atoms with E-state index < -0.39 is 11.4 Å². The van der Waals surface area contributed by atoms with Crippen LogP contribution in [-0.2, 0) is 11.2 Å². The molecule has 0 bridgehead atoms. The van der Waals surface area contributed by atoms with Gasteiger partial charge in [0.25, 0.3) is 11.8 Å². The van der Waals surface area contributed by atoms with Gasteiger partial charge in [0.2, 0.25) is 11.7 Å². The van der Waals surface area contributed by atoms with Crippen molar-refractivity contribution >= 4 is 17.5 Å². The van der Waals surface area contributed by atoms with E-state index in [4.69, 9.17) is 15.6 Å². The van der Waals surface area contributed by atoms with E-state index in [9.17, 15) is 9.59 Å². The molecule has 3 aromatic rings. The third-order valence-electron chi connectivity index (χ3n) is 6.37. The molecule has 0 aliphatic rings. The number of nitrogens with one attached hydrogen (secondary N) is 3. The van der Waals surface area contributed by atoms with Crippen molar-refractivity contribution in [1.29, 1.82) is 5.41 Å². The Morgan fingerprint density at radius 1 is 1.11 bits per heavy atom. The third-order valence-corrected chi connectivity index (χ3v) is 6.37. The molecular formula is C30H37N5O3. The van der Waals surface area contributed by atoms with Gasteiger partial charge < -0.3 is 26.2 Å². The summed E-state index contributed by atoms with van der Waals surface area (Å²) < 4.78 is 5.69. The standard InChI is InChI=1S/C30H37N5O3/c1-5-23(6-2)34-28(37)26-19-33-29(38-26)22-14-10-13-21(17-22)24(31)18-25(32)27(36)35-30(3,4)16-15-20-11-8-7-9-12-20/h7-14,17-19,23,31H,5-6,15-16,32H2,1-4H3,(H,34,37)(H,35,36). The SMILES string of the molecule is CCC(CC)NC(=O)c1cnc(-c2cccc(C(=N)C=C(N)C(=O)NC(C)(C)CCc3ccccc3)c2)o1. The summed E-state index contributed by atoms with van der Waals surface area (Å²) in [6.45, 7) is 7.92. The Hall–Kier alpha value is -4.20. The number of rotatable bonds is 12. The molecule has 0 radical (unpaired) electrons. The minimum absolute atomic E-state index is 0.0512. The van der Waals surface area contributed by atoms with E-state index in [1.807, 2.05) is 45.9 Å². The van der Waals surface area contributed by atoms with Gasteiger partial charge in [-0.2, -0.15) is 0 Å². The molecule has 1 heterocycles. The minimum atomic E-state index is -0.475. The topological polar surface area (TPSA) is 134 Å². The molecule has 5 N–H and O–H groups in total. The Balaban J connectivity index is 1.65. The van der Waals surface area contributed by atoms with E-state index in [0.29, 0.717) is 11.1 Å². The van der Waals surface area contributed by atoms with Crippen molar-refractivity contribution in [2.75, 3.05) is 0 Å². The summed E-state index contributed by atoms with van der Waals surface area (Å²) in [6, 6.07) is 17.1. The summed E-state index contributed by atoms with van der Waals surface area (Å²) in [5, 5.41) is 14.4. The van der Waals surface area contributed by atoms with Crippen molar-refractivity contribution in [1.82, 2.24) is 15.6 Å². The lowest BCUT2D eigenvalue weighted by atomic mass is 9.95. The van der Waals surface area contributed by atoms with Gasteiger partial charge in [0.1, 0.15) is 0 Å². The van der Waals surface area contributed by atoms with Crippen LogP contribution in [0.4, 0.5) is 0 Å². The third kappa shape index (κ3) is 7.90. The smallest absolute Gasteiger partial charge is 0.288 e. The molecule has 0 aliphatic heterocycles. The molecule has 38 heavy (non-hydrogen) atoms. The van der Waals surface area contributed by atoms with Crippen molar-refractivity contribution < 1.29 is 14.0 Å². The summed E-state index contributed by atoms with van der Waals surface area (Å²) in [5.74, 6) is -0.341. The summed E-state index contributed by atoms with van der Waals surface area (Å²) in [5.41, 5.74) is 7.93. The van der Waals surface area contributed by atoms with Gasteiger partial charge in [-0.1, -0.05) is 56.3 Å². The summed E-state index contributed by atoms with van der Waals surface area (Å²) in [6.07, 6.45) is 5.95. The average Bonchev–Trinajstić information content (AvgIpc) is 3.41. The second kappa shape index (κ2) is 12.9. The fourth-order valence-electron chi connectivity index (χ4n) is 3.93. The number of benzene rings is 2. The Morgan fingerprint density at radius 2 is 1.82 bits per heavy atom.